The van der Waals surface area contributed by atoms with Gasteiger partial charge in [0.1, 0.15) is 13.2 Å². The molecule has 0 fully saturated rings. The molecule has 1 N–H and O–H groups in total. The van der Waals surface area contributed by atoms with Gasteiger partial charge in [-0.15, -0.1) is 0 Å². The average Bonchev–Trinajstić information content (AvgIpc) is 3.38. The third kappa shape index (κ3) is 57.5. The largest absolute Gasteiger partial charge is 0.477 e. The molecule has 0 saturated heterocycles. The van der Waals surface area contributed by atoms with Gasteiger partial charge in [-0.3, -0.25) is 9.59 Å². The number of ether oxygens (including phenoxy) is 4. The van der Waals surface area contributed by atoms with Crippen molar-refractivity contribution < 1.29 is 42.9 Å². The summed E-state index contributed by atoms with van der Waals surface area (Å²) in [6, 6.07) is 0. The van der Waals surface area contributed by atoms with E-state index < -0.39 is 24.3 Å². The molecular weight excluding hydrogens is 935 g/mol. The lowest BCUT2D eigenvalue weighted by molar-refractivity contribution is -0.870. The van der Waals surface area contributed by atoms with Crippen molar-refractivity contribution in [1.29, 1.82) is 0 Å². The van der Waals surface area contributed by atoms with Crippen LogP contribution in [0.4, 0.5) is 0 Å². The molecule has 0 bridgehead atoms. The van der Waals surface area contributed by atoms with Gasteiger partial charge in [0, 0.05) is 12.8 Å². The van der Waals surface area contributed by atoms with Gasteiger partial charge in [0.2, 0.25) is 0 Å². The second kappa shape index (κ2) is 56.2. The topological polar surface area (TPSA) is 108 Å². The smallest absolute Gasteiger partial charge is 0.361 e. The van der Waals surface area contributed by atoms with Gasteiger partial charge in [0.05, 0.1) is 34.4 Å². The number of nitrogens with zero attached hydrogens (tertiary/aromatic N) is 1. The summed E-state index contributed by atoms with van der Waals surface area (Å²) in [6.07, 6.45) is 74.5. The fraction of sp³-hybridized carbons (Fsp3) is 0.682. The van der Waals surface area contributed by atoms with Crippen molar-refractivity contribution in [2.75, 3.05) is 47.5 Å². The molecule has 2 unspecified atom stereocenters. The van der Waals surface area contributed by atoms with E-state index in [1.807, 2.05) is 21.1 Å². The van der Waals surface area contributed by atoms with E-state index in [1.165, 1.54) is 89.9 Å². The van der Waals surface area contributed by atoms with Crippen LogP contribution in [0.5, 0.6) is 0 Å². The summed E-state index contributed by atoms with van der Waals surface area (Å²) in [6.45, 7) is 4.74. The highest BCUT2D eigenvalue weighted by atomic mass is 16.7. The molecule has 0 aromatic rings. The van der Waals surface area contributed by atoms with Crippen LogP contribution in [0.3, 0.4) is 0 Å². The van der Waals surface area contributed by atoms with Crippen molar-refractivity contribution in [3.8, 4) is 0 Å². The molecule has 428 valence electrons. The van der Waals surface area contributed by atoms with Crippen LogP contribution in [-0.4, -0.2) is 87.4 Å². The van der Waals surface area contributed by atoms with Gasteiger partial charge in [-0.1, -0.05) is 245 Å². The summed E-state index contributed by atoms with van der Waals surface area (Å²) < 4.78 is 22.9. The molecule has 0 radical (unpaired) electrons. The molecule has 0 aromatic carbocycles. The number of rotatable bonds is 54. The van der Waals surface area contributed by atoms with Crippen LogP contribution in [0.1, 0.15) is 232 Å². The molecule has 9 heteroatoms. The minimum Gasteiger partial charge on any atom is -0.477 e. The number of unbranched alkanes of at least 4 members (excludes halogenated alkanes) is 21. The van der Waals surface area contributed by atoms with E-state index in [0.717, 1.165) is 109 Å². The molecule has 0 spiro atoms. The Balaban J connectivity index is 4.29. The fourth-order valence-electron chi connectivity index (χ4n) is 7.95. The van der Waals surface area contributed by atoms with Crippen molar-refractivity contribution >= 4 is 17.9 Å². The van der Waals surface area contributed by atoms with Crippen LogP contribution in [0.25, 0.3) is 0 Å². The third-order valence-electron chi connectivity index (χ3n) is 12.5. The van der Waals surface area contributed by atoms with Gasteiger partial charge in [0.25, 0.3) is 6.29 Å². The lowest BCUT2D eigenvalue weighted by atomic mass is 10.0. The first-order valence-corrected chi connectivity index (χ1v) is 30.1. The van der Waals surface area contributed by atoms with Gasteiger partial charge in [-0.25, -0.2) is 4.79 Å². The van der Waals surface area contributed by atoms with Gasteiger partial charge in [-0.2, -0.15) is 0 Å². The van der Waals surface area contributed by atoms with Crippen LogP contribution < -0.4 is 0 Å². The Morgan fingerprint density at radius 3 is 1.13 bits per heavy atom. The molecule has 0 aromatic heterocycles. The zero-order valence-electron chi connectivity index (χ0n) is 48.7. The van der Waals surface area contributed by atoms with E-state index in [4.69, 9.17) is 18.9 Å². The number of esters is 2. The number of allylic oxidation sites excluding steroid dienone is 18. The number of hydrogen-bond acceptors (Lipinski definition) is 7. The number of carbonyl (C=O) groups excluding carboxylic acids is 2. The normalized spacial score (nSPS) is 13.6. The summed E-state index contributed by atoms with van der Waals surface area (Å²) in [4.78, 5) is 37.4. The highest BCUT2D eigenvalue weighted by Gasteiger charge is 2.25. The summed E-state index contributed by atoms with van der Waals surface area (Å²) in [7, 11) is 5.96. The van der Waals surface area contributed by atoms with Gasteiger partial charge < -0.3 is 28.5 Å². The molecule has 0 rings (SSSR count). The highest BCUT2D eigenvalue weighted by Crippen LogP contribution is 2.16. The van der Waals surface area contributed by atoms with Crippen molar-refractivity contribution in [3.05, 3.63) is 109 Å². The molecule has 0 aliphatic rings. The number of carboxylic acid groups (broad SMARTS) is 1. The van der Waals surface area contributed by atoms with E-state index >= 15 is 0 Å². The maximum absolute atomic E-state index is 12.9. The molecule has 0 amide bonds. The van der Waals surface area contributed by atoms with Crippen LogP contribution in [0, 0.1) is 0 Å². The summed E-state index contributed by atoms with van der Waals surface area (Å²) in [5.41, 5.74) is 0. The van der Waals surface area contributed by atoms with E-state index in [9.17, 15) is 19.5 Å². The molecule has 0 aliphatic carbocycles. The van der Waals surface area contributed by atoms with Crippen molar-refractivity contribution in [1.82, 2.24) is 0 Å². The highest BCUT2D eigenvalue weighted by molar-refractivity contribution is 5.71. The standard InChI is InChI=1S/C66H111NO8/c1-6-8-10-12-14-16-18-20-22-24-25-26-27-28-29-30-31-32-33-34-35-36-37-38-39-41-43-45-47-49-51-53-55-57-64(69)75-62(61-74-66(65(70)71)72-59-58-67(3,4)5)60-73-63(68)56-54-52-50-48-46-44-42-40-23-21-19-17-15-13-11-9-7-2/h8,10,14,16,20,22,25-26,28-29,31-32,34-35,37-38,41,43,62,66H,6-7,9,11-13,15,17-19,21,23-24,27,30,33,36,39-40,42,44-61H2,1-5H3/p+1/b10-8-,16-14-,22-20-,26-25-,29-28-,32-31-,35-34-,38-37-,43-41-. The first-order chi connectivity index (χ1) is 36.6. The van der Waals surface area contributed by atoms with Gasteiger partial charge >= 0.3 is 17.9 Å². The lowest BCUT2D eigenvalue weighted by Gasteiger charge is -2.25. The molecular formula is C66H112NO8+. The Bertz CT molecular complexity index is 1590. The average molecular weight is 1050 g/mol. The number of carbonyl (C=O) groups is 3. The summed E-state index contributed by atoms with van der Waals surface area (Å²) in [5, 5.41) is 9.70. The molecule has 75 heavy (non-hydrogen) atoms. The van der Waals surface area contributed by atoms with Crippen molar-refractivity contribution in [2.24, 2.45) is 0 Å². The van der Waals surface area contributed by atoms with E-state index in [2.05, 4.69) is 123 Å². The van der Waals surface area contributed by atoms with Crippen LogP contribution in [0.15, 0.2) is 109 Å². The number of aliphatic carboxylic acids is 1. The predicted octanol–water partition coefficient (Wildman–Crippen LogP) is 17.9. The Kier molecular flexibility index (Phi) is 53.1. The van der Waals surface area contributed by atoms with Crippen molar-refractivity contribution in [2.45, 2.75) is 245 Å². The van der Waals surface area contributed by atoms with Crippen molar-refractivity contribution in [3.63, 3.8) is 0 Å². The number of hydrogen-bond donors (Lipinski definition) is 1. The zero-order valence-corrected chi connectivity index (χ0v) is 48.7. The lowest BCUT2D eigenvalue weighted by Crippen LogP contribution is -2.40. The SMILES string of the molecule is CC/C=C\C/C=C\C/C=C\C/C=C\C/C=C\C/C=C\C/C=C\C/C=C\C/C=C\CCCCCCCC(=O)OC(COC(=O)CCCCCCCCCCCCCCCCCCC)COC(OCC[N+](C)(C)C)C(=O)O. The number of quaternary nitrogens is 1. The van der Waals surface area contributed by atoms with Gasteiger partial charge in [0.15, 0.2) is 6.10 Å². The zero-order chi connectivity index (χ0) is 54.8. The van der Waals surface area contributed by atoms with Gasteiger partial charge in [-0.05, 0) is 83.5 Å². The Hall–Kier alpha value is -4.05. The second-order valence-corrected chi connectivity index (χ2v) is 20.9. The summed E-state index contributed by atoms with van der Waals surface area (Å²) in [5.74, 6) is -2.03. The van der Waals surface area contributed by atoms with Crippen LogP contribution in [-0.2, 0) is 33.3 Å². The quantitative estimate of drug-likeness (QED) is 0.0211. The maximum Gasteiger partial charge on any atom is 0.361 e. The first-order valence-electron chi connectivity index (χ1n) is 30.1. The molecule has 0 saturated carbocycles. The Morgan fingerprint density at radius 1 is 0.413 bits per heavy atom. The fourth-order valence-corrected chi connectivity index (χ4v) is 7.95. The van der Waals surface area contributed by atoms with E-state index in [1.54, 1.807) is 0 Å². The second-order valence-electron chi connectivity index (χ2n) is 20.9. The predicted molar refractivity (Wildman–Crippen MR) is 318 cm³/mol. The molecule has 9 nitrogen and oxygen atoms in total. The molecule has 0 heterocycles. The van der Waals surface area contributed by atoms with E-state index in [-0.39, 0.29) is 32.2 Å². The number of carboxylic acids is 1. The minimum atomic E-state index is -1.52. The minimum absolute atomic E-state index is 0.179. The Labute approximate surface area is 460 Å². The summed E-state index contributed by atoms with van der Waals surface area (Å²) >= 11 is 0. The molecule has 2 atom stereocenters. The maximum atomic E-state index is 12.9. The first kappa shape index (κ1) is 71.0. The molecule has 0 aliphatic heterocycles. The number of likely N-dealkylation sites (N-methyl/N-ethyl adjacent to an activating group) is 1. The third-order valence-corrected chi connectivity index (χ3v) is 12.5. The van der Waals surface area contributed by atoms with E-state index in [0.29, 0.717) is 23.9 Å². The van der Waals surface area contributed by atoms with Crippen LogP contribution in [0.2, 0.25) is 0 Å². The monoisotopic (exact) mass is 1050 g/mol. The Morgan fingerprint density at radius 2 is 0.760 bits per heavy atom. The van der Waals surface area contributed by atoms with Crippen LogP contribution >= 0.6 is 0 Å².